The van der Waals surface area contributed by atoms with E-state index >= 15 is 0 Å². The molecule has 3 nitrogen and oxygen atoms in total. The first-order chi connectivity index (χ1) is 9.60. The third kappa shape index (κ3) is 3.42. The lowest BCUT2D eigenvalue weighted by atomic mass is 10.1. The summed E-state index contributed by atoms with van der Waals surface area (Å²) in [6.07, 6.45) is 0. The minimum atomic E-state index is -0.355. The Morgan fingerprint density at radius 2 is 1.75 bits per heavy atom. The third-order valence-electron chi connectivity index (χ3n) is 3.17. The number of benzene rings is 2. The van der Waals surface area contributed by atoms with E-state index in [9.17, 15) is 9.18 Å². The van der Waals surface area contributed by atoms with Gasteiger partial charge < -0.3 is 11.1 Å². The van der Waals surface area contributed by atoms with Crippen molar-refractivity contribution in [1.29, 1.82) is 0 Å². The van der Waals surface area contributed by atoms with Crippen molar-refractivity contribution in [3.63, 3.8) is 0 Å². The van der Waals surface area contributed by atoms with Crippen molar-refractivity contribution in [3.8, 4) is 0 Å². The number of halogens is 1. The van der Waals surface area contributed by atoms with Crippen LogP contribution in [0.4, 0.5) is 4.39 Å². The Balaban J connectivity index is 2.04. The Bertz CT molecular complexity index is 578. The highest BCUT2D eigenvalue weighted by atomic mass is 19.1. The van der Waals surface area contributed by atoms with Crippen LogP contribution in [0.2, 0.25) is 0 Å². The zero-order chi connectivity index (χ0) is 14.5. The van der Waals surface area contributed by atoms with Gasteiger partial charge >= 0.3 is 0 Å². The number of carbonyl (C=O) groups is 1. The Morgan fingerprint density at radius 1 is 1.15 bits per heavy atom. The average Bonchev–Trinajstić information content (AvgIpc) is 2.48. The van der Waals surface area contributed by atoms with Crippen LogP contribution in [0.1, 0.15) is 34.5 Å². The summed E-state index contributed by atoms with van der Waals surface area (Å²) in [5.74, 6) is -0.577. The van der Waals surface area contributed by atoms with Crippen molar-refractivity contribution in [1.82, 2.24) is 5.32 Å². The van der Waals surface area contributed by atoms with Gasteiger partial charge in [-0.1, -0.05) is 24.3 Å². The van der Waals surface area contributed by atoms with Crippen LogP contribution in [-0.4, -0.2) is 5.91 Å². The lowest BCUT2D eigenvalue weighted by molar-refractivity contribution is 0.0940. The molecule has 0 saturated carbocycles. The molecule has 0 saturated heterocycles. The van der Waals surface area contributed by atoms with Gasteiger partial charge in [0.2, 0.25) is 0 Å². The molecule has 2 aromatic carbocycles. The van der Waals surface area contributed by atoms with Crippen LogP contribution in [0.5, 0.6) is 0 Å². The molecule has 1 atom stereocenters. The van der Waals surface area contributed by atoms with Gasteiger partial charge in [-0.3, -0.25) is 4.79 Å². The summed E-state index contributed by atoms with van der Waals surface area (Å²) >= 11 is 0. The van der Waals surface area contributed by atoms with Gasteiger partial charge in [0.05, 0.1) is 6.04 Å². The first-order valence-corrected chi connectivity index (χ1v) is 6.45. The minimum absolute atomic E-state index is 0.126. The number of hydrogen-bond donors (Lipinski definition) is 2. The van der Waals surface area contributed by atoms with E-state index in [1.807, 2.05) is 31.2 Å². The largest absolute Gasteiger partial charge is 0.346 e. The Morgan fingerprint density at radius 3 is 2.30 bits per heavy atom. The zero-order valence-corrected chi connectivity index (χ0v) is 11.3. The Hall–Kier alpha value is -2.20. The number of rotatable bonds is 4. The standard InChI is InChI=1S/C16H17FN2O/c1-11(13-4-2-12(10-18)3-5-13)19-16(20)14-6-8-15(17)9-7-14/h2-9,11H,10,18H2,1H3,(H,19,20). The molecule has 3 N–H and O–H groups in total. The Kier molecular flexibility index (Phi) is 4.48. The summed E-state index contributed by atoms with van der Waals surface area (Å²) in [6, 6.07) is 13.1. The second kappa shape index (κ2) is 6.30. The maximum atomic E-state index is 12.8. The summed E-state index contributed by atoms with van der Waals surface area (Å²) in [5, 5.41) is 2.88. The van der Waals surface area contributed by atoms with E-state index in [2.05, 4.69) is 5.32 Å². The van der Waals surface area contributed by atoms with Crippen LogP contribution < -0.4 is 11.1 Å². The Labute approximate surface area is 117 Å². The predicted octanol–water partition coefficient (Wildman–Crippen LogP) is 2.78. The maximum absolute atomic E-state index is 12.8. The lowest BCUT2D eigenvalue weighted by Crippen LogP contribution is -2.26. The van der Waals surface area contributed by atoms with Crippen molar-refractivity contribution < 1.29 is 9.18 Å². The molecule has 0 aliphatic rings. The molecule has 0 radical (unpaired) electrons. The number of nitrogens with two attached hydrogens (primary N) is 1. The van der Waals surface area contributed by atoms with Crippen LogP contribution in [0.25, 0.3) is 0 Å². The van der Waals surface area contributed by atoms with Gasteiger partial charge in [-0.05, 0) is 42.3 Å². The van der Waals surface area contributed by atoms with Gasteiger partial charge in [-0.2, -0.15) is 0 Å². The van der Waals surface area contributed by atoms with Crippen molar-refractivity contribution in [2.75, 3.05) is 0 Å². The quantitative estimate of drug-likeness (QED) is 0.899. The molecular formula is C16H17FN2O. The molecule has 0 fully saturated rings. The maximum Gasteiger partial charge on any atom is 0.251 e. The van der Waals surface area contributed by atoms with Crippen molar-refractivity contribution >= 4 is 5.91 Å². The number of nitrogens with one attached hydrogen (secondary N) is 1. The molecule has 1 unspecified atom stereocenters. The lowest BCUT2D eigenvalue weighted by Gasteiger charge is -2.14. The van der Waals surface area contributed by atoms with E-state index in [4.69, 9.17) is 5.73 Å². The van der Waals surface area contributed by atoms with Gasteiger partial charge in [0, 0.05) is 12.1 Å². The van der Waals surface area contributed by atoms with Gasteiger partial charge in [0.25, 0.3) is 5.91 Å². The molecule has 0 aromatic heterocycles. The fourth-order valence-electron chi connectivity index (χ4n) is 1.91. The first-order valence-electron chi connectivity index (χ1n) is 6.45. The third-order valence-corrected chi connectivity index (χ3v) is 3.17. The molecule has 0 spiro atoms. The number of hydrogen-bond acceptors (Lipinski definition) is 2. The molecule has 0 aliphatic heterocycles. The zero-order valence-electron chi connectivity index (χ0n) is 11.3. The molecule has 0 bridgehead atoms. The molecule has 2 rings (SSSR count). The number of carbonyl (C=O) groups excluding carboxylic acids is 1. The SMILES string of the molecule is CC(NC(=O)c1ccc(F)cc1)c1ccc(CN)cc1. The predicted molar refractivity (Wildman–Crippen MR) is 76.6 cm³/mol. The van der Waals surface area contributed by atoms with Crippen LogP contribution in [0.15, 0.2) is 48.5 Å². The first kappa shape index (κ1) is 14.2. The smallest absolute Gasteiger partial charge is 0.251 e. The van der Waals surface area contributed by atoms with E-state index in [0.717, 1.165) is 11.1 Å². The fraction of sp³-hybridized carbons (Fsp3) is 0.188. The minimum Gasteiger partial charge on any atom is -0.346 e. The van der Waals surface area contributed by atoms with Crippen LogP contribution in [0.3, 0.4) is 0 Å². The van der Waals surface area contributed by atoms with Crippen LogP contribution in [-0.2, 0) is 6.54 Å². The van der Waals surface area contributed by atoms with Crippen LogP contribution >= 0.6 is 0 Å². The van der Waals surface area contributed by atoms with Crippen LogP contribution in [0, 0.1) is 5.82 Å². The molecular weight excluding hydrogens is 255 g/mol. The summed E-state index contributed by atoms with van der Waals surface area (Å²) in [6.45, 7) is 2.40. The van der Waals surface area contributed by atoms with E-state index in [1.165, 1.54) is 24.3 Å². The van der Waals surface area contributed by atoms with Gasteiger partial charge in [0.15, 0.2) is 0 Å². The molecule has 4 heteroatoms. The highest BCUT2D eigenvalue weighted by Crippen LogP contribution is 2.14. The second-order valence-electron chi connectivity index (χ2n) is 4.65. The topological polar surface area (TPSA) is 55.1 Å². The summed E-state index contributed by atoms with van der Waals surface area (Å²) < 4.78 is 12.8. The van der Waals surface area contributed by atoms with E-state index in [0.29, 0.717) is 12.1 Å². The molecule has 1 amide bonds. The van der Waals surface area contributed by atoms with Crippen molar-refractivity contribution in [3.05, 3.63) is 71.0 Å². The normalized spacial score (nSPS) is 11.9. The number of amides is 1. The van der Waals surface area contributed by atoms with E-state index in [-0.39, 0.29) is 17.8 Å². The molecule has 104 valence electrons. The second-order valence-corrected chi connectivity index (χ2v) is 4.65. The molecule has 2 aromatic rings. The van der Waals surface area contributed by atoms with Crippen molar-refractivity contribution in [2.24, 2.45) is 5.73 Å². The van der Waals surface area contributed by atoms with Gasteiger partial charge in [0.1, 0.15) is 5.82 Å². The summed E-state index contributed by atoms with van der Waals surface area (Å²) in [7, 11) is 0. The molecule has 20 heavy (non-hydrogen) atoms. The van der Waals surface area contributed by atoms with E-state index in [1.54, 1.807) is 0 Å². The highest BCUT2D eigenvalue weighted by Gasteiger charge is 2.11. The summed E-state index contributed by atoms with van der Waals surface area (Å²) in [4.78, 5) is 12.0. The monoisotopic (exact) mass is 272 g/mol. The summed E-state index contributed by atoms with van der Waals surface area (Å²) in [5.41, 5.74) is 8.03. The average molecular weight is 272 g/mol. The van der Waals surface area contributed by atoms with Gasteiger partial charge in [-0.25, -0.2) is 4.39 Å². The molecule has 0 aliphatic carbocycles. The highest BCUT2D eigenvalue weighted by molar-refractivity contribution is 5.94. The molecule has 0 heterocycles. The van der Waals surface area contributed by atoms with Gasteiger partial charge in [-0.15, -0.1) is 0 Å². The van der Waals surface area contributed by atoms with E-state index < -0.39 is 0 Å². The fourth-order valence-corrected chi connectivity index (χ4v) is 1.91. The van der Waals surface area contributed by atoms with Crippen molar-refractivity contribution in [2.45, 2.75) is 19.5 Å².